The molecule has 2 heterocycles. The lowest BCUT2D eigenvalue weighted by molar-refractivity contribution is -0.137. The van der Waals surface area contributed by atoms with E-state index >= 15 is 0 Å². The lowest BCUT2D eigenvalue weighted by Crippen LogP contribution is -2.33. The maximum Gasteiger partial charge on any atom is 0.325 e. The van der Waals surface area contributed by atoms with Crippen molar-refractivity contribution in [3.8, 4) is 11.6 Å². The molecule has 0 bridgehead atoms. The molecular formula is C20H17BrF2N4O5S. The van der Waals surface area contributed by atoms with Gasteiger partial charge in [-0.15, -0.1) is 0 Å². The number of anilines is 1. The minimum absolute atomic E-state index is 0.0280. The molecule has 2 aromatic heterocycles. The second-order valence-electron chi connectivity index (χ2n) is 7.22. The Bertz CT molecular complexity index is 1240. The largest absolute Gasteiger partial charge is 0.480 e. The molecule has 2 N–H and O–H groups in total. The number of fused-ring (bicyclic) bond motifs is 1. The number of hydrogen-bond acceptors (Lipinski definition) is 5. The van der Waals surface area contributed by atoms with Crippen molar-refractivity contribution in [3.05, 3.63) is 64.0 Å². The highest BCUT2D eigenvalue weighted by atomic mass is 79.9. The normalized spacial score (nSPS) is 16.2. The molecule has 2 unspecified atom stereocenters. The number of aliphatic carboxylic acids is 1. The van der Waals surface area contributed by atoms with Crippen LogP contribution in [0.15, 0.2) is 41.1 Å². The minimum atomic E-state index is -2.43. The predicted octanol–water partition coefficient (Wildman–Crippen LogP) is 4.22. The van der Waals surface area contributed by atoms with Gasteiger partial charge in [0, 0.05) is 17.3 Å². The van der Waals surface area contributed by atoms with Crippen LogP contribution in [0.5, 0.6) is 11.6 Å². The molecule has 0 saturated carbocycles. The molecule has 0 spiro atoms. The molecular weight excluding hydrogens is 526 g/mol. The van der Waals surface area contributed by atoms with E-state index in [1.54, 1.807) is 0 Å². The van der Waals surface area contributed by atoms with E-state index in [0.717, 1.165) is 12.1 Å². The van der Waals surface area contributed by atoms with Crippen LogP contribution in [0.3, 0.4) is 0 Å². The second-order valence-corrected chi connectivity index (χ2v) is 8.93. The average Bonchev–Trinajstić information content (AvgIpc) is 3.15. The number of aromatic nitrogens is 3. The molecule has 2 atom stereocenters. The van der Waals surface area contributed by atoms with Gasteiger partial charge in [-0.3, -0.25) is 18.3 Å². The van der Waals surface area contributed by atoms with Gasteiger partial charge in [-0.1, -0.05) is 0 Å². The van der Waals surface area contributed by atoms with E-state index < -0.39 is 34.9 Å². The molecule has 13 heteroatoms. The first-order chi connectivity index (χ1) is 15.7. The van der Waals surface area contributed by atoms with Gasteiger partial charge in [0.05, 0.1) is 28.6 Å². The fraction of sp³-hybridized carbons (Fsp3) is 0.250. The summed E-state index contributed by atoms with van der Waals surface area (Å²) in [6.07, 6.45) is 4.66. The van der Waals surface area contributed by atoms with Gasteiger partial charge in [0.25, 0.3) is 11.3 Å². The number of nitrogens with zero attached hydrogens (tertiary/aromatic N) is 4. The summed E-state index contributed by atoms with van der Waals surface area (Å²) in [6.45, 7) is -0.298. The van der Waals surface area contributed by atoms with Crippen LogP contribution in [0.1, 0.15) is 30.1 Å². The summed E-state index contributed by atoms with van der Waals surface area (Å²) in [5.74, 6) is -3.04. The third-order valence-electron chi connectivity index (χ3n) is 5.12. The average molecular weight is 543 g/mol. The smallest absolute Gasteiger partial charge is 0.325 e. The van der Waals surface area contributed by atoms with E-state index in [9.17, 15) is 22.3 Å². The van der Waals surface area contributed by atoms with E-state index in [0.29, 0.717) is 40.7 Å². The summed E-state index contributed by atoms with van der Waals surface area (Å²) >= 11 is 0.866. The molecule has 174 valence electrons. The van der Waals surface area contributed by atoms with Crippen LogP contribution < -0.4 is 9.04 Å². The Morgan fingerprint density at radius 1 is 1.30 bits per heavy atom. The molecule has 9 nitrogen and oxygen atoms in total. The van der Waals surface area contributed by atoms with Crippen LogP contribution in [0, 0.1) is 11.6 Å². The van der Waals surface area contributed by atoms with Crippen LogP contribution in [0.25, 0.3) is 0 Å². The first kappa shape index (κ1) is 23.3. The van der Waals surface area contributed by atoms with Crippen LogP contribution in [0.4, 0.5) is 14.5 Å². The van der Waals surface area contributed by atoms with Crippen LogP contribution in [0.2, 0.25) is 0 Å². The van der Waals surface area contributed by atoms with E-state index in [2.05, 4.69) is 26.0 Å². The van der Waals surface area contributed by atoms with Gasteiger partial charge in [0.2, 0.25) is 5.88 Å². The van der Waals surface area contributed by atoms with E-state index in [1.807, 2.05) is 0 Å². The van der Waals surface area contributed by atoms with Gasteiger partial charge >= 0.3 is 5.97 Å². The number of hydrogen-bond donors (Lipinski definition) is 2. The lowest BCUT2D eigenvalue weighted by atomic mass is 9.92. The second kappa shape index (κ2) is 9.53. The monoisotopic (exact) mass is 542 g/mol. The van der Waals surface area contributed by atoms with Crippen molar-refractivity contribution in [1.82, 2.24) is 14.8 Å². The molecule has 1 aliphatic carbocycles. The maximum atomic E-state index is 13.4. The van der Waals surface area contributed by atoms with Crippen molar-refractivity contribution in [2.24, 2.45) is 0 Å². The Hall–Kier alpha value is -2.90. The Morgan fingerprint density at radius 2 is 2.09 bits per heavy atom. The molecule has 0 fully saturated rings. The van der Waals surface area contributed by atoms with Gasteiger partial charge in [0.15, 0.2) is 11.6 Å². The van der Waals surface area contributed by atoms with Crippen LogP contribution >= 0.6 is 15.9 Å². The summed E-state index contributed by atoms with van der Waals surface area (Å²) in [5, 5.41) is 13.2. The van der Waals surface area contributed by atoms with Crippen molar-refractivity contribution in [2.45, 2.75) is 31.8 Å². The number of ether oxygens (including phenoxy) is 1. The van der Waals surface area contributed by atoms with Gasteiger partial charge in [-0.05, 0) is 53.4 Å². The van der Waals surface area contributed by atoms with Crippen molar-refractivity contribution in [2.75, 3.05) is 4.31 Å². The van der Waals surface area contributed by atoms with Crippen LogP contribution in [-0.4, -0.2) is 34.6 Å². The molecule has 1 aromatic carbocycles. The molecule has 0 radical (unpaired) electrons. The number of halogens is 3. The van der Waals surface area contributed by atoms with Crippen molar-refractivity contribution in [3.63, 3.8) is 0 Å². The molecule has 4 rings (SSSR count). The quantitative estimate of drug-likeness (QED) is 0.429. The van der Waals surface area contributed by atoms with Gasteiger partial charge < -0.3 is 9.84 Å². The lowest BCUT2D eigenvalue weighted by Gasteiger charge is -2.32. The number of carboxylic acids is 1. The van der Waals surface area contributed by atoms with E-state index in [4.69, 9.17) is 9.84 Å². The Balaban J connectivity index is 1.64. The Labute approximate surface area is 197 Å². The summed E-state index contributed by atoms with van der Waals surface area (Å²) in [7, 11) is 0. The molecule has 1 aliphatic rings. The molecule has 33 heavy (non-hydrogen) atoms. The molecule has 0 aliphatic heterocycles. The highest BCUT2D eigenvalue weighted by Crippen LogP contribution is 2.39. The third-order valence-corrected chi connectivity index (χ3v) is 6.49. The number of benzene rings is 1. The van der Waals surface area contributed by atoms with Gasteiger partial charge in [0.1, 0.15) is 12.3 Å². The highest BCUT2D eigenvalue weighted by Gasteiger charge is 2.33. The molecule has 0 saturated heterocycles. The SMILES string of the molecule is O=C(O)Cn1ncc2c1CCCC2N(c1cnc(Oc2ccc(F)c(F)c2)c(Br)c1)S(=O)O. The number of carboxylic acid groups (broad SMARTS) is 1. The minimum Gasteiger partial charge on any atom is -0.480 e. The molecule has 3 aromatic rings. The molecule has 0 amide bonds. The topological polar surface area (TPSA) is 118 Å². The third kappa shape index (κ3) is 4.89. The van der Waals surface area contributed by atoms with E-state index in [1.165, 1.54) is 33.5 Å². The van der Waals surface area contributed by atoms with Gasteiger partial charge in [-0.25, -0.2) is 18.0 Å². The number of carbonyl (C=O) groups is 1. The first-order valence-electron chi connectivity index (χ1n) is 9.69. The summed E-state index contributed by atoms with van der Waals surface area (Å²) < 4.78 is 57.4. The first-order valence-corrected chi connectivity index (χ1v) is 11.5. The number of rotatable bonds is 7. The zero-order valence-electron chi connectivity index (χ0n) is 16.8. The zero-order valence-corrected chi connectivity index (χ0v) is 19.2. The van der Waals surface area contributed by atoms with Crippen molar-refractivity contribution < 1.29 is 32.2 Å². The van der Waals surface area contributed by atoms with Gasteiger partial charge in [-0.2, -0.15) is 5.10 Å². The van der Waals surface area contributed by atoms with Crippen LogP contribution in [-0.2, 0) is 29.0 Å². The predicted molar refractivity (Wildman–Crippen MR) is 117 cm³/mol. The zero-order chi connectivity index (χ0) is 23.7. The van der Waals surface area contributed by atoms with Crippen molar-refractivity contribution >= 4 is 38.9 Å². The Kier molecular flexibility index (Phi) is 6.72. The summed E-state index contributed by atoms with van der Waals surface area (Å²) in [6, 6.07) is 4.04. The number of pyridine rings is 1. The fourth-order valence-corrected chi connectivity index (χ4v) is 4.88. The highest BCUT2D eigenvalue weighted by molar-refractivity contribution is 9.10. The van der Waals surface area contributed by atoms with Crippen molar-refractivity contribution in [1.29, 1.82) is 0 Å². The van der Waals surface area contributed by atoms with E-state index in [-0.39, 0.29) is 18.2 Å². The standard InChI is InChI=1S/C20H17BrF2N4O5S/c21-14-6-11(8-24-20(14)32-12-4-5-15(22)16(23)7-12)27(33(30)31)18-3-1-2-17-13(18)9-25-26(17)10-19(28)29/h4-9,18H,1-3,10H2,(H,28,29)(H,30,31). The maximum absolute atomic E-state index is 13.4. The fourth-order valence-electron chi connectivity index (χ4n) is 3.75. The Morgan fingerprint density at radius 3 is 2.76 bits per heavy atom. The summed E-state index contributed by atoms with van der Waals surface area (Å²) in [4.78, 5) is 15.3. The summed E-state index contributed by atoms with van der Waals surface area (Å²) in [5.41, 5.74) is 1.67.